The third-order valence-corrected chi connectivity index (χ3v) is 3.12. The number of carbonyl (C=O) groups excluding carboxylic acids is 1. The first-order valence-corrected chi connectivity index (χ1v) is 6.97. The maximum atomic E-state index is 11.2. The average Bonchev–Trinajstić information content (AvgIpc) is 2.38. The first kappa shape index (κ1) is 14.5. The number of nitrogen functional groups attached to an aromatic ring is 1. The number of aromatic nitrogens is 2. The fourth-order valence-corrected chi connectivity index (χ4v) is 2.04. The first-order valence-electron chi connectivity index (χ1n) is 5.90. The van der Waals surface area contributed by atoms with Gasteiger partial charge in [-0.1, -0.05) is 12.1 Å². The summed E-state index contributed by atoms with van der Waals surface area (Å²) in [5.41, 5.74) is 12.7. The summed E-state index contributed by atoms with van der Waals surface area (Å²) in [6, 6.07) is 7.45. The predicted octanol–water partition coefficient (Wildman–Crippen LogP) is 1.16. The van der Waals surface area contributed by atoms with Crippen LogP contribution in [0.2, 0.25) is 0 Å². The molecule has 6 nitrogen and oxygen atoms in total. The van der Waals surface area contributed by atoms with E-state index in [1.807, 2.05) is 24.3 Å². The fraction of sp³-hybridized carbons (Fsp3) is 0.154. The summed E-state index contributed by atoms with van der Waals surface area (Å²) in [7, 11) is 0. The Morgan fingerprint density at radius 2 is 2.00 bits per heavy atom. The Kier molecular flexibility index (Phi) is 4.72. The molecule has 1 aromatic heterocycles. The van der Waals surface area contributed by atoms with Crippen LogP contribution in [0.3, 0.4) is 0 Å². The number of hydrogen-bond acceptors (Lipinski definition) is 5. The Balaban J connectivity index is 2.23. The van der Waals surface area contributed by atoms with Crippen LogP contribution in [-0.4, -0.2) is 22.4 Å². The number of primary amides is 1. The molecule has 0 saturated heterocycles. The quantitative estimate of drug-likeness (QED) is 0.597. The van der Waals surface area contributed by atoms with Crippen LogP contribution in [0.5, 0.6) is 0 Å². The van der Waals surface area contributed by atoms with Crippen molar-refractivity contribution in [2.45, 2.75) is 6.54 Å². The lowest BCUT2D eigenvalue weighted by Gasteiger charge is -2.21. The highest BCUT2D eigenvalue weighted by molar-refractivity contribution is 14.1. The standard InChI is InChI=1S/C13H14IN5O/c14-10-5-17-13(18-6-10)19(8-12(16)20)7-9-2-1-3-11(15)4-9/h1-6H,7-8,15H2,(H2,16,20). The summed E-state index contributed by atoms with van der Waals surface area (Å²) in [5.74, 6) is 0.0303. The van der Waals surface area contributed by atoms with Crippen LogP contribution in [-0.2, 0) is 11.3 Å². The molecule has 0 spiro atoms. The molecule has 0 radical (unpaired) electrons. The van der Waals surface area contributed by atoms with Crippen molar-refractivity contribution < 1.29 is 4.79 Å². The zero-order chi connectivity index (χ0) is 14.5. The van der Waals surface area contributed by atoms with Crippen LogP contribution in [0.4, 0.5) is 11.6 Å². The molecule has 0 bridgehead atoms. The van der Waals surface area contributed by atoms with E-state index < -0.39 is 5.91 Å². The lowest BCUT2D eigenvalue weighted by atomic mass is 10.2. The summed E-state index contributed by atoms with van der Waals surface area (Å²) in [4.78, 5) is 21.4. The summed E-state index contributed by atoms with van der Waals surface area (Å²) < 4.78 is 0.925. The van der Waals surface area contributed by atoms with Crippen molar-refractivity contribution in [2.75, 3.05) is 17.2 Å². The maximum absolute atomic E-state index is 11.2. The van der Waals surface area contributed by atoms with Gasteiger partial charge in [0.2, 0.25) is 11.9 Å². The minimum absolute atomic E-state index is 0.0510. The van der Waals surface area contributed by atoms with E-state index in [2.05, 4.69) is 32.6 Å². The third-order valence-electron chi connectivity index (χ3n) is 2.56. The molecular weight excluding hydrogens is 369 g/mol. The number of amides is 1. The number of benzene rings is 1. The van der Waals surface area contributed by atoms with E-state index in [0.29, 0.717) is 18.2 Å². The van der Waals surface area contributed by atoms with Gasteiger partial charge in [-0.3, -0.25) is 4.79 Å². The highest BCUT2D eigenvalue weighted by Crippen LogP contribution is 2.14. The number of halogens is 1. The van der Waals surface area contributed by atoms with E-state index in [0.717, 1.165) is 9.13 Å². The van der Waals surface area contributed by atoms with Gasteiger partial charge >= 0.3 is 0 Å². The van der Waals surface area contributed by atoms with Gasteiger partial charge in [0.05, 0.1) is 6.54 Å². The van der Waals surface area contributed by atoms with Crippen molar-refractivity contribution in [3.63, 3.8) is 0 Å². The fourth-order valence-electron chi connectivity index (χ4n) is 1.77. The van der Waals surface area contributed by atoms with Crippen LogP contribution in [0, 0.1) is 3.57 Å². The van der Waals surface area contributed by atoms with Crippen molar-refractivity contribution in [2.24, 2.45) is 5.73 Å². The molecule has 2 rings (SSSR count). The Hall–Kier alpha value is -1.90. The van der Waals surface area contributed by atoms with Gasteiger partial charge in [0.15, 0.2) is 0 Å². The Labute approximate surface area is 130 Å². The second kappa shape index (κ2) is 6.51. The summed E-state index contributed by atoms with van der Waals surface area (Å²) in [6.45, 7) is 0.518. The molecule has 4 N–H and O–H groups in total. The number of hydrogen-bond donors (Lipinski definition) is 2. The Morgan fingerprint density at radius 1 is 1.30 bits per heavy atom. The number of anilines is 2. The third kappa shape index (κ3) is 4.05. The maximum Gasteiger partial charge on any atom is 0.237 e. The monoisotopic (exact) mass is 383 g/mol. The van der Waals surface area contributed by atoms with Crippen LogP contribution >= 0.6 is 22.6 Å². The van der Waals surface area contributed by atoms with Crippen LogP contribution in [0.25, 0.3) is 0 Å². The molecule has 7 heteroatoms. The highest BCUT2D eigenvalue weighted by Gasteiger charge is 2.13. The molecule has 0 unspecified atom stereocenters. The minimum atomic E-state index is -0.434. The lowest BCUT2D eigenvalue weighted by Crippen LogP contribution is -2.34. The zero-order valence-corrected chi connectivity index (χ0v) is 12.8. The van der Waals surface area contributed by atoms with Gasteiger partial charge in [-0.05, 0) is 40.3 Å². The molecule has 0 aliphatic carbocycles. The number of nitrogens with two attached hydrogens (primary N) is 2. The lowest BCUT2D eigenvalue weighted by molar-refractivity contribution is -0.116. The second-order valence-electron chi connectivity index (χ2n) is 4.27. The summed E-state index contributed by atoms with van der Waals surface area (Å²) >= 11 is 2.12. The number of nitrogens with zero attached hydrogens (tertiary/aromatic N) is 3. The molecule has 2 aromatic rings. The molecule has 0 aliphatic rings. The smallest absolute Gasteiger partial charge is 0.237 e. The van der Waals surface area contributed by atoms with Gasteiger partial charge in [0, 0.05) is 28.2 Å². The largest absolute Gasteiger partial charge is 0.399 e. The van der Waals surface area contributed by atoms with Gasteiger partial charge in [-0.2, -0.15) is 0 Å². The number of rotatable bonds is 5. The second-order valence-corrected chi connectivity index (χ2v) is 5.51. The van der Waals surface area contributed by atoms with Crippen LogP contribution in [0.1, 0.15) is 5.56 Å². The van der Waals surface area contributed by atoms with Gasteiger partial charge in [0.1, 0.15) is 0 Å². The summed E-state index contributed by atoms with van der Waals surface area (Å²) in [6.07, 6.45) is 3.38. The summed E-state index contributed by atoms with van der Waals surface area (Å²) in [5, 5.41) is 0. The molecule has 0 fully saturated rings. The van der Waals surface area contributed by atoms with E-state index in [4.69, 9.17) is 11.5 Å². The van der Waals surface area contributed by atoms with Crippen molar-refractivity contribution in [1.82, 2.24) is 9.97 Å². The van der Waals surface area contributed by atoms with Gasteiger partial charge in [-0.25, -0.2) is 9.97 Å². The molecule has 0 aliphatic heterocycles. The molecule has 20 heavy (non-hydrogen) atoms. The predicted molar refractivity (Wildman–Crippen MR) is 85.8 cm³/mol. The average molecular weight is 383 g/mol. The Morgan fingerprint density at radius 3 is 2.60 bits per heavy atom. The normalized spacial score (nSPS) is 10.2. The molecule has 104 valence electrons. The van der Waals surface area contributed by atoms with E-state index in [1.54, 1.807) is 17.3 Å². The van der Waals surface area contributed by atoms with Crippen molar-refractivity contribution >= 4 is 40.1 Å². The van der Waals surface area contributed by atoms with E-state index >= 15 is 0 Å². The topological polar surface area (TPSA) is 98.1 Å². The van der Waals surface area contributed by atoms with Crippen molar-refractivity contribution in [3.8, 4) is 0 Å². The van der Waals surface area contributed by atoms with Gasteiger partial charge < -0.3 is 16.4 Å². The molecule has 0 saturated carbocycles. The highest BCUT2D eigenvalue weighted by atomic mass is 127. The molecular formula is C13H14IN5O. The van der Waals surface area contributed by atoms with Gasteiger partial charge in [-0.15, -0.1) is 0 Å². The number of carbonyl (C=O) groups is 1. The van der Waals surface area contributed by atoms with E-state index in [9.17, 15) is 4.79 Å². The van der Waals surface area contributed by atoms with E-state index in [1.165, 1.54) is 0 Å². The van der Waals surface area contributed by atoms with E-state index in [-0.39, 0.29) is 6.54 Å². The van der Waals surface area contributed by atoms with Crippen molar-refractivity contribution in [1.29, 1.82) is 0 Å². The zero-order valence-electron chi connectivity index (χ0n) is 10.7. The van der Waals surface area contributed by atoms with Crippen LogP contribution in [0.15, 0.2) is 36.7 Å². The minimum Gasteiger partial charge on any atom is -0.399 e. The first-order chi connectivity index (χ1) is 9.54. The van der Waals surface area contributed by atoms with Crippen LogP contribution < -0.4 is 16.4 Å². The van der Waals surface area contributed by atoms with Gasteiger partial charge in [0.25, 0.3) is 0 Å². The molecule has 1 amide bonds. The SMILES string of the molecule is NC(=O)CN(Cc1cccc(N)c1)c1ncc(I)cn1. The Bertz CT molecular complexity index is 602. The molecule has 1 aromatic carbocycles. The van der Waals surface area contributed by atoms with Crippen molar-refractivity contribution in [3.05, 3.63) is 45.8 Å². The molecule has 1 heterocycles. The molecule has 0 atom stereocenters.